The molecule has 0 radical (unpaired) electrons. The quantitative estimate of drug-likeness (QED) is 0.530. The Morgan fingerprint density at radius 3 is 2.56 bits per heavy atom. The zero-order valence-corrected chi connectivity index (χ0v) is 11.9. The summed E-state index contributed by atoms with van der Waals surface area (Å²) in [5.74, 6) is -0.149. The lowest BCUT2D eigenvalue weighted by Gasteiger charge is -2.09. The lowest BCUT2D eigenvalue weighted by Crippen LogP contribution is -3.06. The van der Waals surface area contributed by atoms with Gasteiger partial charge in [-0.3, -0.25) is 18.9 Å². The van der Waals surface area contributed by atoms with Crippen LogP contribution in [0.3, 0.4) is 0 Å². The van der Waals surface area contributed by atoms with Gasteiger partial charge in [0.2, 0.25) is 5.88 Å². The van der Waals surface area contributed by atoms with Crippen molar-refractivity contribution in [2.75, 3.05) is 27.2 Å². The first-order valence-electron chi connectivity index (χ1n) is 5.64. The molecule has 0 bridgehead atoms. The maximum Gasteiger partial charge on any atom is 0.266 e. The van der Waals surface area contributed by atoms with E-state index in [2.05, 4.69) is 4.99 Å². The minimum Gasteiger partial charge on any atom is -0.494 e. The van der Waals surface area contributed by atoms with Gasteiger partial charge in [0.1, 0.15) is 5.56 Å². The Morgan fingerprint density at radius 2 is 2.00 bits per heavy atom. The van der Waals surface area contributed by atoms with Crippen LogP contribution in [-0.2, 0) is 14.1 Å². The van der Waals surface area contributed by atoms with Crippen molar-refractivity contribution < 1.29 is 10.0 Å². The average Bonchev–Trinajstić information content (AvgIpc) is 2.32. The number of hydrogen-bond acceptors (Lipinski definition) is 4. The summed E-state index contributed by atoms with van der Waals surface area (Å²) < 4.78 is 2.97. The highest BCUT2D eigenvalue weighted by Gasteiger charge is 2.10. The molecule has 7 heteroatoms. The number of rotatable bonds is 4. The third-order valence-corrected chi connectivity index (χ3v) is 3.18. The van der Waals surface area contributed by atoms with Crippen LogP contribution >= 0.6 is 12.2 Å². The molecule has 18 heavy (non-hydrogen) atoms. The number of aromatic nitrogens is 2. The molecule has 0 unspecified atom stereocenters. The van der Waals surface area contributed by atoms with Gasteiger partial charge in [-0.05, 0) is 12.2 Å². The molecule has 0 saturated carbocycles. The minimum absolute atomic E-state index is 0.149. The van der Waals surface area contributed by atoms with Crippen molar-refractivity contribution in [1.82, 2.24) is 9.13 Å². The number of nitrogens with one attached hydrogen (secondary N) is 1. The van der Waals surface area contributed by atoms with Gasteiger partial charge in [0.15, 0.2) is 4.77 Å². The van der Waals surface area contributed by atoms with E-state index < -0.39 is 0 Å². The summed E-state index contributed by atoms with van der Waals surface area (Å²) in [6.45, 7) is 1.47. The van der Waals surface area contributed by atoms with Crippen molar-refractivity contribution in [2.24, 2.45) is 19.1 Å². The second-order valence-electron chi connectivity index (χ2n) is 4.44. The first-order valence-corrected chi connectivity index (χ1v) is 6.05. The highest BCUT2D eigenvalue weighted by Crippen LogP contribution is 2.09. The summed E-state index contributed by atoms with van der Waals surface area (Å²) in [5.41, 5.74) is -0.168. The molecule has 0 saturated heterocycles. The van der Waals surface area contributed by atoms with Crippen molar-refractivity contribution in [2.45, 2.75) is 0 Å². The molecule has 6 nitrogen and oxygen atoms in total. The van der Waals surface area contributed by atoms with Gasteiger partial charge in [-0.15, -0.1) is 0 Å². The van der Waals surface area contributed by atoms with E-state index in [-0.39, 0.29) is 21.8 Å². The van der Waals surface area contributed by atoms with Crippen molar-refractivity contribution in [3.05, 3.63) is 20.7 Å². The van der Waals surface area contributed by atoms with E-state index in [1.54, 1.807) is 14.1 Å². The summed E-state index contributed by atoms with van der Waals surface area (Å²) in [4.78, 5) is 17.3. The van der Waals surface area contributed by atoms with E-state index in [1.807, 2.05) is 14.1 Å². The number of nitrogens with zero attached hydrogens (tertiary/aromatic N) is 3. The van der Waals surface area contributed by atoms with Gasteiger partial charge in [0.05, 0.1) is 27.2 Å². The highest BCUT2D eigenvalue weighted by atomic mass is 32.1. The zero-order valence-electron chi connectivity index (χ0n) is 11.1. The molecule has 0 aliphatic rings. The summed E-state index contributed by atoms with van der Waals surface area (Å²) >= 11 is 5.02. The fourth-order valence-corrected chi connectivity index (χ4v) is 1.59. The number of likely N-dealkylation sites (N-methyl/N-ethyl adjacent to an activating group) is 1. The second-order valence-corrected chi connectivity index (χ2v) is 4.80. The standard InChI is InChI=1S/C11H18N4O2S/c1-13(2)6-5-12-7-8-9(16)14(3)11(18)15(4)10(8)17/h7,16H,5-6H2,1-4H3/p+1. The summed E-state index contributed by atoms with van der Waals surface area (Å²) in [6, 6.07) is 0. The summed E-state index contributed by atoms with van der Waals surface area (Å²) in [7, 11) is 7.24. The third-order valence-electron chi connectivity index (χ3n) is 2.63. The fourth-order valence-electron chi connectivity index (χ4n) is 1.42. The molecule has 1 rings (SSSR count). The Morgan fingerprint density at radius 1 is 1.39 bits per heavy atom. The Hall–Kier alpha value is -1.47. The predicted molar refractivity (Wildman–Crippen MR) is 73.3 cm³/mol. The zero-order chi connectivity index (χ0) is 13.9. The van der Waals surface area contributed by atoms with E-state index in [0.717, 1.165) is 6.54 Å². The van der Waals surface area contributed by atoms with Crippen LogP contribution in [0.2, 0.25) is 0 Å². The van der Waals surface area contributed by atoms with Crippen LogP contribution in [0.15, 0.2) is 9.79 Å². The van der Waals surface area contributed by atoms with Crippen LogP contribution in [0.4, 0.5) is 0 Å². The van der Waals surface area contributed by atoms with E-state index in [9.17, 15) is 9.90 Å². The van der Waals surface area contributed by atoms with Gasteiger partial charge >= 0.3 is 0 Å². The lowest BCUT2D eigenvalue weighted by atomic mass is 10.3. The van der Waals surface area contributed by atoms with Gasteiger partial charge in [-0.2, -0.15) is 0 Å². The Bertz CT molecular complexity index is 572. The minimum atomic E-state index is -0.337. The monoisotopic (exact) mass is 271 g/mol. The Labute approximate surface area is 111 Å². The van der Waals surface area contributed by atoms with E-state index in [4.69, 9.17) is 12.2 Å². The molecule has 2 N–H and O–H groups in total. The molecule has 0 aliphatic heterocycles. The molecule has 1 aromatic heterocycles. The number of hydrogen-bond donors (Lipinski definition) is 2. The van der Waals surface area contributed by atoms with Crippen molar-refractivity contribution in [1.29, 1.82) is 0 Å². The van der Waals surface area contributed by atoms with Crippen LogP contribution in [-0.4, -0.2) is 47.6 Å². The van der Waals surface area contributed by atoms with Crippen molar-refractivity contribution >= 4 is 18.4 Å². The predicted octanol–water partition coefficient (Wildman–Crippen LogP) is -1.28. The van der Waals surface area contributed by atoms with Crippen LogP contribution in [0.5, 0.6) is 5.88 Å². The van der Waals surface area contributed by atoms with E-state index in [0.29, 0.717) is 6.54 Å². The molecule has 0 aromatic carbocycles. The largest absolute Gasteiger partial charge is 0.494 e. The third kappa shape index (κ3) is 3.05. The van der Waals surface area contributed by atoms with Crippen LogP contribution < -0.4 is 10.5 Å². The number of aromatic hydroxyl groups is 1. The van der Waals surface area contributed by atoms with Crippen molar-refractivity contribution in [3.63, 3.8) is 0 Å². The van der Waals surface area contributed by atoms with Gasteiger partial charge in [-0.1, -0.05) is 0 Å². The topological polar surface area (TPSA) is 64.0 Å². The average molecular weight is 271 g/mol. The molecule has 0 amide bonds. The molecule has 0 spiro atoms. The van der Waals surface area contributed by atoms with Gasteiger partial charge in [0, 0.05) is 20.3 Å². The first kappa shape index (κ1) is 14.6. The lowest BCUT2D eigenvalue weighted by molar-refractivity contribution is -0.856. The molecule has 0 atom stereocenters. The summed E-state index contributed by atoms with van der Waals surface area (Å²) in [5, 5.41) is 9.88. The molecule has 1 heterocycles. The molecular weight excluding hydrogens is 252 g/mol. The first-order chi connectivity index (χ1) is 8.36. The van der Waals surface area contributed by atoms with Crippen molar-refractivity contribution in [3.8, 4) is 5.88 Å². The highest BCUT2D eigenvalue weighted by molar-refractivity contribution is 7.71. The smallest absolute Gasteiger partial charge is 0.266 e. The summed E-state index contributed by atoms with van der Waals surface area (Å²) in [6.07, 6.45) is 1.41. The molecule has 1 aromatic rings. The maximum absolute atomic E-state index is 11.9. The molecular formula is C11H19N4O2S+. The molecule has 0 aliphatic carbocycles. The van der Waals surface area contributed by atoms with Crippen LogP contribution in [0, 0.1) is 4.77 Å². The molecule has 0 fully saturated rings. The van der Waals surface area contributed by atoms with Gasteiger partial charge < -0.3 is 10.0 Å². The fraction of sp³-hybridized carbons (Fsp3) is 0.545. The van der Waals surface area contributed by atoms with Crippen LogP contribution in [0.1, 0.15) is 5.56 Å². The van der Waals surface area contributed by atoms with E-state index in [1.165, 1.54) is 20.2 Å². The van der Waals surface area contributed by atoms with Crippen LogP contribution in [0.25, 0.3) is 0 Å². The van der Waals surface area contributed by atoms with Gasteiger partial charge in [0.25, 0.3) is 5.56 Å². The van der Waals surface area contributed by atoms with E-state index >= 15 is 0 Å². The normalized spacial score (nSPS) is 11.6. The number of quaternary nitrogens is 1. The maximum atomic E-state index is 11.9. The SMILES string of the molecule is Cn1c(O)c(C=NCC[NH+](C)C)c(=O)n(C)c1=S. The number of aliphatic imine (C=N–C) groups is 1. The van der Waals surface area contributed by atoms with Gasteiger partial charge in [-0.25, -0.2) is 0 Å². The second kappa shape index (κ2) is 5.92. The molecule has 100 valence electrons. The Balaban J connectivity index is 3.11. The Kier molecular flexibility index (Phi) is 4.80.